The molecular weight excluding hydrogens is 412 g/mol. The Labute approximate surface area is 195 Å². The second-order valence-corrected chi connectivity index (χ2v) is 14.7. The summed E-state index contributed by atoms with van der Waals surface area (Å²) < 4.78 is 12.6. The standard InChI is InChI=1S/C28H40O3Si/c1-7-30-27(29)22(3)25-19-18-21(2)26(25)20-31-32(28(4,5)6,23-14-10-8-11-15-23)24-16-12-9-13-17-24/h8-17,21-22,25-26H,7,18-20H2,1-6H3/t21-,22-,25+,26+/m0/s1. The highest BCUT2D eigenvalue weighted by atomic mass is 28.4. The summed E-state index contributed by atoms with van der Waals surface area (Å²) in [6, 6.07) is 21.6. The van der Waals surface area contributed by atoms with E-state index in [2.05, 4.69) is 88.4 Å². The average molecular weight is 453 g/mol. The summed E-state index contributed by atoms with van der Waals surface area (Å²) in [5.74, 6) is 1.04. The molecule has 0 aromatic heterocycles. The summed E-state index contributed by atoms with van der Waals surface area (Å²) in [6.45, 7) is 14.3. The lowest BCUT2D eigenvalue weighted by molar-refractivity contribution is -0.150. The number of benzene rings is 2. The number of hydrogen-bond acceptors (Lipinski definition) is 3. The largest absolute Gasteiger partial charge is 0.466 e. The van der Waals surface area contributed by atoms with Crippen LogP contribution in [0.4, 0.5) is 0 Å². The molecule has 0 saturated heterocycles. The molecule has 1 saturated carbocycles. The summed E-state index contributed by atoms with van der Waals surface area (Å²) in [7, 11) is -2.57. The van der Waals surface area contributed by atoms with E-state index < -0.39 is 8.32 Å². The lowest BCUT2D eigenvalue weighted by atomic mass is 9.83. The van der Waals surface area contributed by atoms with Gasteiger partial charge in [-0.25, -0.2) is 0 Å². The van der Waals surface area contributed by atoms with Gasteiger partial charge in [0.15, 0.2) is 0 Å². The molecule has 2 aromatic carbocycles. The highest BCUT2D eigenvalue weighted by Gasteiger charge is 2.51. The van der Waals surface area contributed by atoms with Gasteiger partial charge in [-0.3, -0.25) is 4.79 Å². The molecule has 0 aliphatic heterocycles. The number of ether oxygens (including phenoxy) is 1. The SMILES string of the molecule is CCOC(=O)[C@@H](C)[C@H]1CC[C@H](C)[C@H]1CO[Si](c1ccccc1)(c1ccccc1)C(C)(C)C. The summed E-state index contributed by atoms with van der Waals surface area (Å²) in [4.78, 5) is 12.5. The van der Waals surface area contributed by atoms with Crippen LogP contribution in [0.15, 0.2) is 60.7 Å². The maximum Gasteiger partial charge on any atom is 0.308 e. The number of rotatable bonds is 8. The minimum atomic E-state index is -2.57. The predicted octanol–water partition coefficient (Wildman–Crippen LogP) is 5.42. The first kappa shape index (κ1) is 24.7. The zero-order valence-corrected chi connectivity index (χ0v) is 21.6. The van der Waals surface area contributed by atoms with E-state index in [0.29, 0.717) is 31.0 Å². The van der Waals surface area contributed by atoms with Crippen molar-refractivity contribution in [1.29, 1.82) is 0 Å². The average Bonchev–Trinajstić information content (AvgIpc) is 3.14. The maximum atomic E-state index is 12.5. The zero-order chi connectivity index (χ0) is 23.4. The molecule has 3 rings (SSSR count). The van der Waals surface area contributed by atoms with Gasteiger partial charge in [0.2, 0.25) is 0 Å². The summed E-state index contributed by atoms with van der Waals surface area (Å²) >= 11 is 0. The van der Waals surface area contributed by atoms with Gasteiger partial charge in [-0.05, 0) is 46.5 Å². The fourth-order valence-electron chi connectivity index (χ4n) is 5.65. The Kier molecular flexibility index (Phi) is 8.00. The van der Waals surface area contributed by atoms with Gasteiger partial charge < -0.3 is 9.16 Å². The van der Waals surface area contributed by atoms with E-state index in [4.69, 9.17) is 9.16 Å². The number of hydrogen-bond donors (Lipinski definition) is 0. The van der Waals surface area contributed by atoms with Crippen molar-refractivity contribution in [2.75, 3.05) is 13.2 Å². The smallest absolute Gasteiger partial charge is 0.308 e. The monoisotopic (exact) mass is 452 g/mol. The first-order valence-corrected chi connectivity index (χ1v) is 14.0. The molecule has 4 heteroatoms. The molecule has 32 heavy (non-hydrogen) atoms. The summed E-state index contributed by atoms with van der Waals surface area (Å²) in [5, 5.41) is 2.57. The number of carbonyl (C=O) groups is 1. The van der Waals surface area contributed by atoms with Crippen molar-refractivity contribution in [3.8, 4) is 0 Å². The molecule has 3 nitrogen and oxygen atoms in total. The third-order valence-corrected chi connectivity index (χ3v) is 12.5. The molecule has 2 aromatic rings. The first-order chi connectivity index (χ1) is 15.2. The van der Waals surface area contributed by atoms with Gasteiger partial charge in [0.1, 0.15) is 0 Å². The topological polar surface area (TPSA) is 35.5 Å². The van der Waals surface area contributed by atoms with Gasteiger partial charge >= 0.3 is 5.97 Å². The van der Waals surface area contributed by atoms with Crippen LogP contribution >= 0.6 is 0 Å². The first-order valence-electron chi connectivity index (χ1n) is 12.1. The molecule has 0 spiro atoms. The van der Waals surface area contributed by atoms with Crippen LogP contribution in [0.25, 0.3) is 0 Å². The lowest BCUT2D eigenvalue weighted by Crippen LogP contribution is -2.67. The van der Waals surface area contributed by atoms with Crippen LogP contribution < -0.4 is 10.4 Å². The molecule has 0 bridgehead atoms. The van der Waals surface area contributed by atoms with Crippen LogP contribution in [0, 0.1) is 23.7 Å². The van der Waals surface area contributed by atoms with Gasteiger partial charge in [0.25, 0.3) is 8.32 Å². The van der Waals surface area contributed by atoms with Crippen molar-refractivity contribution in [2.24, 2.45) is 23.7 Å². The molecule has 0 N–H and O–H groups in total. The van der Waals surface area contributed by atoms with E-state index in [0.717, 1.165) is 12.8 Å². The van der Waals surface area contributed by atoms with E-state index in [1.807, 2.05) is 13.8 Å². The van der Waals surface area contributed by atoms with Gasteiger partial charge in [-0.1, -0.05) is 102 Å². The van der Waals surface area contributed by atoms with Gasteiger partial charge in [0, 0.05) is 6.61 Å². The van der Waals surface area contributed by atoms with Crippen molar-refractivity contribution in [1.82, 2.24) is 0 Å². The quantitative estimate of drug-likeness (QED) is 0.396. The van der Waals surface area contributed by atoms with Gasteiger partial charge in [0.05, 0.1) is 12.5 Å². The van der Waals surface area contributed by atoms with Crippen LogP contribution in [0.1, 0.15) is 54.4 Å². The van der Waals surface area contributed by atoms with E-state index in [1.165, 1.54) is 10.4 Å². The Balaban J connectivity index is 1.98. The molecule has 0 unspecified atom stereocenters. The molecule has 4 atom stereocenters. The third-order valence-electron chi connectivity index (χ3n) is 7.45. The van der Waals surface area contributed by atoms with Crippen molar-refractivity contribution in [3.63, 3.8) is 0 Å². The van der Waals surface area contributed by atoms with Crippen LogP contribution in [-0.2, 0) is 14.0 Å². The molecule has 0 amide bonds. The van der Waals surface area contributed by atoms with Crippen LogP contribution in [0.2, 0.25) is 5.04 Å². The number of carbonyl (C=O) groups excluding carboxylic acids is 1. The van der Waals surface area contributed by atoms with E-state index in [9.17, 15) is 4.79 Å². The number of esters is 1. The molecule has 1 aliphatic carbocycles. The molecule has 174 valence electrons. The Bertz CT molecular complexity index is 820. The molecule has 1 fully saturated rings. The second kappa shape index (κ2) is 10.3. The van der Waals surface area contributed by atoms with Gasteiger partial charge in [-0.2, -0.15) is 0 Å². The Morgan fingerprint density at radius 2 is 1.53 bits per heavy atom. The Morgan fingerprint density at radius 1 is 1.00 bits per heavy atom. The van der Waals surface area contributed by atoms with Crippen molar-refractivity contribution in [3.05, 3.63) is 60.7 Å². The lowest BCUT2D eigenvalue weighted by Gasteiger charge is -2.44. The van der Waals surface area contributed by atoms with Gasteiger partial charge in [-0.15, -0.1) is 0 Å². The highest BCUT2D eigenvalue weighted by molar-refractivity contribution is 6.99. The van der Waals surface area contributed by atoms with Crippen molar-refractivity contribution < 1.29 is 14.0 Å². The van der Waals surface area contributed by atoms with Crippen molar-refractivity contribution >= 4 is 24.7 Å². The predicted molar refractivity (Wildman–Crippen MR) is 135 cm³/mol. The Morgan fingerprint density at radius 3 is 2.00 bits per heavy atom. The van der Waals surface area contributed by atoms with Crippen LogP contribution in [-0.4, -0.2) is 27.5 Å². The zero-order valence-electron chi connectivity index (χ0n) is 20.6. The minimum Gasteiger partial charge on any atom is -0.466 e. The molecule has 0 radical (unpaired) electrons. The van der Waals surface area contributed by atoms with Crippen LogP contribution in [0.3, 0.4) is 0 Å². The summed E-state index contributed by atoms with van der Waals surface area (Å²) in [5.41, 5.74) is 0. The third kappa shape index (κ3) is 4.86. The minimum absolute atomic E-state index is 0.0419. The highest BCUT2D eigenvalue weighted by Crippen LogP contribution is 2.44. The van der Waals surface area contributed by atoms with E-state index in [-0.39, 0.29) is 16.9 Å². The Hall–Kier alpha value is -1.91. The van der Waals surface area contributed by atoms with Crippen molar-refractivity contribution in [2.45, 2.75) is 59.4 Å². The fraction of sp³-hybridized carbons (Fsp3) is 0.536. The molecular formula is C28H40O3Si. The maximum absolute atomic E-state index is 12.5. The fourth-order valence-corrected chi connectivity index (χ4v) is 10.2. The summed E-state index contributed by atoms with van der Waals surface area (Å²) in [6.07, 6.45) is 2.21. The molecule has 1 aliphatic rings. The second-order valence-electron chi connectivity index (χ2n) is 10.4. The van der Waals surface area contributed by atoms with Crippen LogP contribution in [0.5, 0.6) is 0 Å². The van der Waals surface area contributed by atoms with E-state index >= 15 is 0 Å². The molecule has 0 heterocycles. The normalized spacial score (nSPS) is 22.5. The van der Waals surface area contributed by atoms with E-state index in [1.54, 1.807) is 0 Å².